The van der Waals surface area contributed by atoms with Crippen LogP contribution < -0.4 is 32.3 Å². The zero-order valence-electron chi connectivity index (χ0n) is 41.9. The number of amides is 7. The predicted molar refractivity (Wildman–Crippen MR) is 267 cm³/mol. The van der Waals surface area contributed by atoms with Crippen molar-refractivity contribution in [3.8, 4) is 0 Å². The summed E-state index contributed by atoms with van der Waals surface area (Å²) in [4.78, 5) is 125. The number of nitrogens with two attached hydrogens (primary N) is 1. The summed E-state index contributed by atoms with van der Waals surface area (Å²) in [6.45, 7) is 5.23. The minimum Gasteiger partial charge on any atom is -0.372 e. The van der Waals surface area contributed by atoms with Crippen molar-refractivity contribution in [2.45, 2.75) is 179 Å². The highest BCUT2D eigenvalue weighted by molar-refractivity contribution is 6.38. The molecular weight excluding hydrogens is 907 g/mol. The van der Waals surface area contributed by atoms with Gasteiger partial charge in [-0.2, -0.15) is 0 Å². The first-order valence-corrected chi connectivity index (χ1v) is 26.1. The summed E-state index contributed by atoms with van der Waals surface area (Å²) in [7, 11) is 0. The molecule has 0 bridgehead atoms. The highest BCUT2D eigenvalue weighted by atomic mass is 16.5. The largest absolute Gasteiger partial charge is 0.372 e. The number of primary amides is 1. The number of nitrogens with zero attached hydrogens (tertiary/aromatic N) is 1. The van der Waals surface area contributed by atoms with Crippen LogP contribution in [0.25, 0.3) is 0 Å². The van der Waals surface area contributed by atoms with Gasteiger partial charge in [0.1, 0.15) is 24.2 Å². The maximum Gasteiger partial charge on any atom is 0.290 e. The average molecular weight is 984 g/mol. The molecule has 71 heavy (non-hydrogen) atoms. The lowest BCUT2D eigenvalue weighted by atomic mass is 9.74. The van der Waals surface area contributed by atoms with Gasteiger partial charge in [0.25, 0.3) is 5.91 Å². The molecule has 1 saturated heterocycles. The molecule has 7 N–H and O–H groups in total. The average Bonchev–Trinajstić information content (AvgIpc) is 3.83. The van der Waals surface area contributed by atoms with Crippen molar-refractivity contribution >= 4 is 52.9 Å². The van der Waals surface area contributed by atoms with E-state index in [1.807, 2.05) is 50.2 Å². The number of hydrogen-bond acceptors (Lipinski definition) is 10. The molecule has 7 amide bonds. The highest BCUT2D eigenvalue weighted by Crippen LogP contribution is 2.35. The maximum atomic E-state index is 15.1. The number of carbonyl (C=O) groups is 9. The van der Waals surface area contributed by atoms with Gasteiger partial charge in [0.05, 0.1) is 25.3 Å². The minimum absolute atomic E-state index is 0.0303. The van der Waals surface area contributed by atoms with E-state index in [0.29, 0.717) is 56.9 Å². The summed E-state index contributed by atoms with van der Waals surface area (Å²) in [5.74, 6) is -7.11. The third-order valence-corrected chi connectivity index (χ3v) is 14.2. The lowest BCUT2D eigenvalue weighted by Crippen LogP contribution is -2.59. The fraction of sp³-hybridized carbons (Fsp3) is 0.611. The molecule has 3 fully saturated rings. The summed E-state index contributed by atoms with van der Waals surface area (Å²) >= 11 is 0. The number of likely N-dealkylation sites (tertiary alicyclic amines) is 1. The van der Waals surface area contributed by atoms with E-state index in [1.54, 1.807) is 31.2 Å². The Morgan fingerprint density at radius 1 is 0.662 bits per heavy atom. The van der Waals surface area contributed by atoms with E-state index in [4.69, 9.17) is 10.5 Å². The number of Topliss-reactive ketones (excluding diaryl/α,β-unsaturated/α-hetero) is 2. The third-order valence-electron chi connectivity index (χ3n) is 14.2. The van der Waals surface area contributed by atoms with E-state index in [9.17, 15) is 38.4 Å². The number of ketones is 2. The molecule has 6 unspecified atom stereocenters. The SMILES string of the molecule is CCCCC(NC(=O)C(CCCC)NC(=O)CNC(=O)C(=O)C(CCC)NC(=O)[C@@H]1C[C@@H](OCc2ccccc2)CN1C(=O)C(NC(=O)C1CCCCC1C(=O)c1ccccc1)C1CCCCC1)C(N)=O. The second-order valence-corrected chi connectivity index (χ2v) is 19.5. The minimum atomic E-state index is -1.31. The summed E-state index contributed by atoms with van der Waals surface area (Å²) in [5, 5.41) is 13.4. The van der Waals surface area contributed by atoms with E-state index in [2.05, 4.69) is 26.6 Å². The van der Waals surface area contributed by atoms with Gasteiger partial charge in [-0.05, 0) is 56.4 Å². The van der Waals surface area contributed by atoms with Gasteiger partial charge in [-0.25, -0.2) is 0 Å². The van der Waals surface area contributed by atoms with E-state index in [1.165, 1.54) is 4.90 Å². The van der Waals surface area contributed by atoms with Gasteiger partial charge in [-0.1, -0.05) is 146 Å². The summed E-state index contributed by atoms with van der Waals surface area (Å²) in [6, 6.07) is 13.1. The molecule has 0 aromatic heterocycles. The molecule has 17 nitrogen and oxygen atoms in total. The molecule has 2 aliphatic carbocycles. The van der Waals surface area contributed by atoms with Crippen LogP contribution in [0.3, 0.4) is 0 Å². The molecule has 1 heterocycles. The van der Waals surface area contributed by atoms with Crippen LogP contribution in [0.4, 0.5) is 0 Å². The lowest BCUT2D eigenvalue weighted by molar-refractivity contribution is -0.145. The van der Waals surface area contributed by atoms with E-state index in [0.717, 1.165) is 50.5 Å². The van der Waals surface area contributed by atoms with Crippen LogP contribution in [0, 0.1) is 17.8 Å². The summed E-state index contributed by atoms with van der Waals surface area (Å²) < 4.78 is 6.32. The number of benzene rings is 2. The zero-order valence-corrected chi connectivity index (χ0v) is 41.9. The van der Waals surface area contributed by atoms with Gasteiger partial charge in [0.2, 0.25) is 41.2 Å². The summed E-state index contributed by atoms with van der Waals surface area (Å²) in [6.07, 6.45) is 10.0. The molecule has 8 atom stereocenters. The Labute approximate surface area is 418 Å². The maximum absolute atomic E-state index is 15.1. The second-order valence-electron chi connectivity index (χ2n) is 19.5. The molecule has 2 aromatic carbocycles. The van der Waals surface area contributed by atoms with Crippen molar-refractivity contribution in [1.29, 1.82) is 0 Å². The van der Waals surface area contributed by atoms with Crippen LogP contribution in [0.5, 0.6) is 0 Å². The van der Waals surface area contributed by atoms with Gasteiger partial charge < -0.3 is 42.0 Å². The van der Waals surface area contributed by atoms with Gasteiger partial charge >= 0.3 is 0 Å². The van der Waals surface area contributed by atoms with Crippen LogP contribution in [0.1, 0.15) is 152 Å². The van der Waals surface area contributed by atoms with Gasteiger partial charge in [0.15, 0.2) is 5.78 Å². The molecule has 17 heteroatoms. The molecule has 2 saturated carbocycles. The molecule has 2 aromatic rings. The van der Waals surface area contributed by atoms with Crippen molar-refractivity contribution in [3.63, 3.8) is 0 Å². The van der Waals surface area contributed by atoms with E-state index >= 15 is 4.79 Å². The normalized spacial score (nSPS) is 20.9. The molecular formula is C54H77N7O10. The first kappa shape index (κ1) is 56.0. The van der Waals surface area contributed by atoms with Crippen LogP contribution in [0.15, 0.2) is 60.7 Å². The first-order valence-electron chi connectivity index (χ1n) is 26.1. The number of nitrogens with one attached hydrogen (secondary N) is 5. The van der Waals surface area contributed by atoms with Crippen LogP contribution >= 0.6 is 0 Å². The zero-order chi connectivity index (χ0) is 51.3. The highest BCUT2D eigenvalue weighted by Gasteiger charge is 2.46. The lowest BCUT2D eigenvalue weighted by Gasteiger charge is -2.37. The van der Waals surface area contributed by atoms with E-state index in [-0.39, 0.29) is 50.0 Å². The Morgan fingerprint density at radius 2 is 1.28 bits per heavy atom. The Kier molecular flexibility index (Phi) is 22.7. The van der Waals surface area contributed by atoms with Crippen molar-refractivity contribution < 1.29 is 47.9 Å². The van der Waals surface area contributed by atoms with Crippen molar-refractivity contribution in [3.05, 3.63) is 71.8 Å². The topological polar surface area (TPSA) is 252 Å². The molecule has 0 spiro atoms. The van der Waals surface area contributed by atoms with E-state index < -0.39 is 95.9 Å². The predicted octanol–water partition coefficient (Wildman–Crippen LogP) is 4.73. The molecule has 3 aliphatic rings. The Balaban J connectivity index is 1.31. The van der Waals surface area contributed by atoms with Gasteiger partial charge in [0, 0.05) is 30.4 Å². The van der Waals surface area contributed by atoms with Gasteiger partial charge in [-0.15, -0.1) is 0 Å². The van der Waals surface area contributed by atoms with Gasteiger partial charge in [-0.3, -0.25) is 43.2 Å². The molecule has 5 rings (SSSR count). The third kappa shape index (κ3) is 16.5. The Morgan fingerprint density at radius 3 is 1.92 bits per heavy atom. The number of hydrogen-bond donors (Lipinski definition) is 6. The standard InChI is InChI=1S/C54H77N7O10/c1-4-7-29-42(49(55)65)59-51(67)43(30-8-5-2)57-45(62)32-56-53(69)48(64)41(20-6-3)58-52(68)44-31-38(71-34-35-21-12-9-13-22-35)33-61(44)54(70)46(36-23-14-10-15-24-36)60-50(66)40-28-19-18-27-39(40)47(63)37-25-16-11-17-26-37/h9,11-13,16-17,21-22,25-26,36,38-44,46H,4-8,10,14-15,18-20,23-24,27-34H2,1-3H3,(H2,55,65)(H,56,69)(H,57,62)(H,58,68)(H,59,67)(H,60,66)/t38-,39?,40?,41?,42?,43?,44+,46?/m1/s1. The Hall–Kier alpha value is -5.97. The monoisotopic (exact) mass is 984 g/mol. The van der Waals surface area contributed by atoms with Crippen LogP contribution in [-0.4, -0.2) is 107 Å². The molecule has 388 valence electrons. The van der Waals surface area contributed by atoms with Crippen LogP contribution in [0.2, 0.25) is 0 Å². The number of ether oxygens (including phenoxy) is 1. The first-order chi connectivity index (χ1) is 34.3. The quantitative estimate of drug-likeness (QED) is 0.0530. The van der Waals surface area contributed by atoms with Crippen molar-refractivity contribution in [1.82, 2.24) is 31.5 Å². The summed E-state index contributed by atoms with van der Waals surface area (Å²) in [5.41, 5.74) is 6.95. The second kappa shape index (κ2) is 28.8. The fourth-order valence-corrected chi connectivity index (χ4v) is 10.2. The Bertz CT molecular complexity index is 2120. The number of carbonyl (C=O) groups excluding carboxylic acids is 9. The molecule has 1 aliphatic heterocycles. The van der Waals surface area contributed by atoms with Crippen molar-refractivity contribution in [2.75, 3.05) is 13.1 Å². The smallest absolute Gasteiger partial charge is 0.290 e. The molecule has 0 radical (unpaired) electrons. The number of unbranched alkanes of at least 4 members (excludes halogenated alkanes) is 2. The number of rotatable bonds is 27. The van der Waals surface area contributed by atoms with Crippen molar-refractivity contribution in [2.24, 2.45) is 23.5 Å². The fourth-order valence-electron chi connectivity index (χ4n) is 10.2. The van der Waals surface area contributed by atoms with Crippen LogP contribution in [-0.2, 0) is 49.7 Å².